The van der Waals surface area contributed by atoms with E-state index in [9.17, 15) is 4.79 Å². The second-order valence-electron chi connectivity index (χ2n) is 8.15. The second kappa shape index (κ2) is 8.19. The summed E-state index contributed by atoms with van der Waals surface area (Å²) >= 11 is 3.44. The van der Waals surface area contributed by atoms with Gasteiger partial charge < -0.3 is 0 Å². The van der Waals surface area contributed by atoms with Crippen molar-refractivity contribution in [2.75, 3.05) is 0 Å². The predicted molar refractivity (Wildman–Crippen MR) is 126 cm³/mol. The minimum Gasteiger partial charge on any atom is -0.273 e. The molecular weight excluding hydrogens is 436 g/mol. The van der Waals surface area contributed by atoms with E-state index in [-0.39, 0.29) is 17.2 Å². The molecule has 3 nitrogen and oxygen atoms in total. The average Bonchev–Trinajstić information content (AvgIpc) is 3.49. The molecule has 0 spiro atoms. The van der Waals surface area contributed by atoms with Crippen LogP contribution in [0.3, 0.4) is 0 Å². The second-order valence-corrected chi connectivity index (χ2v) is 9.06. The van der Waals surface area contributed by atoms with Crippen LogP contribution < -0.4 is 5.43 Å². The first-order valence-electron chi connectivity index (χ1n) is 10.1. The number of nitrogens with one attached hydrogen (secondary N) is 1. The van der Waals surface area contributed by atoms with E-state index in [4.69, 9.17) is 0 Å². The van der Waals surface area contributed by atoms with Crippen molar-refractivity contribution in [1.29, 1.82) is 0 Å². The van der Waals surface area contributed by atoms with E-state index in [1.807, 2.05) is 31.2 Å². The molecule has 1 unspecified atom stereocenters. The molecule has 0 aromatic heterocycles. The number of aryl methyl sites for hydroxylation is 2. The summed E-state index contributed by atoms with van der Waals surface area (Å²) in [5.74, 6) is -0.169. The molecular formula is C26H25BrN2O. The lowest BCUT2D eigenvalue weighted by molar-refractivity contribution is -0.122. The van der Waals surface area contributed by atoms with Crippen LogP contribution in [0, 0.1) is 19.8 Å². The highest BCUT2D eigenvalue weighted by Crippen LogP contribution is 2.59. The summed E-state index contributed by atoms with van der Waals surface area (Å²) < 4.78 is 1.02. The highest BCUT2D eigenvalue weighted by atomic mass is 79.9. The van der Waals surface area contributed by atoms with Crippen LogP contribution in [0.25, 0.3) is 0 Å². The zero-order valence-electron chi connectivity index (χ0n) is 17.4. The van der Waals surface area contributed by atoms with Crippen LogP contribution in [0.4, 0.5) is 0 Å². The smallest absolute Gasteiger partial charge is 0.244 e. The molecule has 4 rings (SSSR count). The van der Waals surface area contributed by atoms with Gasteiger partial charge >= 0.3 is 0 Å². The van der Waals surface area contributed by atoms with Gasteiger partial charge in [-0.2, -0.15) is 5.10 Å². The zero-order chi connectivity index (χ0) is 21.3. The van der Waals surface area contributed by atoms with Crippen LogP contribution in [-0.2, 0) is 10.2 Å². The van der Waals surface area contributed by atoms with Gasteiger partial charge in [-0.1, -0.05) is 87.7 Å². The Balaban J connectivity index is 1.61. The molecule has 1 fully saturated rings. The van der Waals surface area contributed by atoms with E-state index in [1.165, 1.54) is 22.3 Å². The third-order valence-electron chi connectivity index (χ3n) is 5.94. The fourth-order valence-electron chi connectivity index (χ4n) is 4.20. The SMILES string of the molecule is C/C(=N/NC(=O)C1CC1(c1cccc(C)c1)c1cccc(C)c1)c1ccc(Br)cc1. The number of nitrogens with zero attached hydrogens (tertiary/aromatic N) is 1. The van der Waals surface area contributed by atoms with Gasteiger partial charge in [0.25, 0.3) is 0 Å². The Kier molecular flexibility index (Phi) is 5.61. The maximum absolute atomic E-state index is 13.1. The van der Waals surface area contributed by atoms with E-state index >= 15 is 0 Å². The van der Waals surface area contributed by atoms with Crippen molar-refractivity contribution < 1.29 is 4.79 Å². The van der Waals surface area contributed by atoms with Gasteiger partial charge in [-0.25, -0.2) is 5.43 Å². The van der Waals surface area contributed by atoms with Crippen molar-refractivity contribution in [1.82, 2.24) is 5.43 Å². The highest BCUT2D eigenvalue weighted by Gasteiger charge is 2.60. The van der Waals surface area contributed by atoms with E-state index in [1.54, 1.807) is 0 Å². The molecule has 30 heavy (non-hydrogen) atoms. The Morgan fingerprint density at radius 1 is 0.967 bits per heavy atom. The molecule has 0 bridgehead atoms. The summed E-state index contributed by atoms with van der Waals surface area (Å²) in [6.07, 6.45) is 0.790. The first kappa shape index (κ1) is 20.5. The number of carbonyl (C=O) groups excluding carboxylic acids is 1. The normalized spacial score (nSPS) is 17.5. The van der Waals surface area contributed by atoms with Crippen molar-refractivity contribution >= 4 is 27.5 Å². The number of hydrogen-bond donors (Lipinski definition) is 1. The molecule has 1 N–H and O–H groups in total. The fraction of sp³-hybridized carbons (Fsp3) is 0.231. The van der Waals surface area contributed by atoms with Gasteiger partial charge in [-0.3, -0.25) is 4.79 Å². The number of carbonyl (C=O) groups is 1. The van der Waals surface area contributed by atoms with E-state index in [0.717, 1.165) is 22.2 Å². The Labute approximate surface area is 186 Å². The molecule has 1 atom stereocenters. The summed E-state index contributed by atoms with van der Waals surface area (Å²) in [6.45, 7) is 6.10. The Morgan fingerprint density at radius 3 is 2.07 bits per heavy atom. The van der Waals surface area contributed by atoms with Crippen molar-refractivity contribution in [3.05, 3.63) is 105 Å². The van der Waals surface area contributed by atoms with Gasteiger partial charge in [0.15, 0.2) is 0 Å². The van der Waals surface area contributed by atoms with Gasteiger partial charge in [0.2, 0.25) is 5.91 Å². The minimum absolute atomic E-state index is 0.0329. The maximum Gasteiger partial charge on any atom is 0.244 e. The highest BCUT2D eigenvalue weighted by molar-refractivity contribution is 9.10. The summed E-state index contributed by atoms with van der Waals surface area (Å²) in [6, 6.07) is 24.9. The zero-order valence-corrected chi connectivity index (χ0v) is 19.0. The predicted octanol–water partition coefficient (Wildman–Crippen LogP) is 5.91. The summed E-state index contributed by atoms with van der Waals surface area (Å²) in [5.41, 5.74) is 9.10. The largest absolute Gasteiger partial charge is 0.273 e. The molecule has 3 aromatic carbocycles. The average molecular weight is 461 g/mol. The third kappa shape index (κ3) is 3.97. The van der Waals surface area contributed by atoms with Crippen LogP contribution in [0.2, 0.25) is 0 Å². The first-order chi connectivity index (χ1) is 14.4. The number of hydrogen-bond acceptors (Lipinski definition) is 2. The van der Waals surface area contributed by atoms with Gasteiger partial charge in [-0.05, 0) is 56.0 Å². The maximum atomic E-state index is 13.1. The molecule has 0 aliphatic heterocycles. The molecule has 0 heterocycles. The lowest BCUT2D eigenvalue weighted by Crippen LogP contribution is -2.26. The van der Waals surface area contributed by atoms with Crippen molar-refractivity contribution in [2.24, 2.45) is 11.0 Å². The molecule has 1 saturated carbocycles. The van der Waals surface area contributed by atoms with Crippen molar-refractivity contribution in [3.8, 4) is 0 Å². The van der Waals surface area contributed by atoms with Crippen LogP contribution >= 0.6 is 15.9 Å². The lowest BCUT2D eigenvalue weighted by Gasteiger charge is -2.20. The molecule has 1 amide bonds. The van der Waals surface area contributed by atoms with Crippen LogP contribution in [0.1, 0.15) is 41.2 Å². The number of hydrazone groups is 1. The first-order valence-corrected chi connectivity index (χ1v) is 10.9. The molecule has 0 radical (unpaired) electrons. The van der Waals surface area contributed by atoms with E-state index < -0.39 is 0 Å². The quantitative estimate of drug-likeness (QED) is 0.372. The molecule has 152 valence electrons. The summed E-state index contributed by atoms with van der Waals surface area (Å²) in [7, 11) is 0. The Hall–Kier alpha value is -2.72. The standard InChI is InChI=1S/C26H25BrN2O/c1-17-6-4-8-21(14-17)26(22-9-5-7-18(2)15-22)16-24(26)25(30)29-28-19(3)20-10-12-23(27)13-11-20/h4-15,24H,16H2,1-3H3,(H,29,30)/b28-19-. The van der Waals surface area contributed by atoms with Gasteiger partial charge in [0, 0.05) is 9.89 Å². The number of amides is 1. The molecule has 4 heteroatoms. The minimum atomic E-state index is -0.289. The number of benzene rings is 3. The summed E-state index contributed by atoms with van der Waals surface area (Å²) in [5, 5.41) is 4.38. The molecule has 3 aromatic rings. The van der Waals surface area contributed by atoms with Gasteiger partial charge in [0.1, 0.15) is 0 Å². The van der Waals surface area contributed by atoms with Crippen LogP contribution in [0.5, 0.6) is 0 Å². The topological polar surface area (TPSA) is 41.5 Å². The third-order valence-corrected chi connectivity index (χ3v) is 6.47. The number of halogens is 1. The van der Waals surface area contributed by atoms with Crippen LogP contribution in [-0.4, -0.2) is 11.6 Å². The monoisotopic (exact) mass is 460 g/mol. The van der Waals surface area contributed by atoms with Crippen molar-refractivity contribution in [2.45, 2.75) is 32.6 Å². The van der Waals surface area contributed by atoms with Crippen molar-refractivity contribution in [3.63, 3.8) is 0 Å². The van der Waals surface area contributed by atoms with Gasteiger partial charge in [-0.15, -0.1) is 0 Å². The Bertz CT molecular complexity index is 1070. The number of rotatable bonds is 5. The van der Waals surface area contributed by atoms with E-state index in [0.29, 0.717) is 0 Å². The van der Waals surface area contributed by atoms with E-state index in [2.05, 4.69) is 88.8 Å². The lowest BCUT2D eigenvalue weighted by atomic mass is 9.84. The summed E-state index contributed by atoms with van der Waals surface area (Å²) in [4.78, 5) is 13.1. The molecule has 1 aliphatic carbocycles. The Morgan fingerprint density at radius 2 is 1.53 bits per heavy atom. The molecule has 0 saturated heterocycles. The van der Waals surface area contributed by atoms with Crippen LogP contribution in [0.15, 0.2) is 82.4 Å². The molecule has 1 aliphatic rings. The van der Waals surface area contributed by atoms with Gasteiger partial charge in [0.05, 0.1) is 11.6 Å². The fourth-order valence-corrected chi connectivity index (χ4v) is 4.47.